The summed E-state index contributed by atoms with van der Waals surface area (Å²) in [5, 5.41) is 0. The number of aliphatic imine (C=N–C) groups is 4. The van der Waals surface area contributed by atoms with Gasteiger partial charge in [-0.1, -0.05) is 146 Å². The normalized spacial score (nSPS) is 21.9. The minimum Gasteiger partial charge on any atom is -0.478 e. The third kappa shape index (κ3) is 7.12. The van der Waals surface area contributed by atoms with Crippen LogP contribution >= 0.6 is 0 Å². The van der Waals surface area contributed by atoms with Gasteiger partial charge in [0.15, 0.2) is 23.6 Å². The Morgan fingerprint density at radius 2 is 0.607 bits per heavy atom. The number of ether oxygens (including phenoxy) is 4. The van der Waals surface area contributed by atoms with E-state index in [9.17, 15) is 0 Å². The van der Waals surface area contributed by atoms with Crippen molar-refractivity contribution in [2.45, 2.75) is 50.9 Å². The van der Waals surface area contributed by atoms with E-state index < -0.39 is 10.8 Å². The molecule has 0 aromatic heterocycles. The Morgan fingerprint density at radius 3 is 0.839 bits per heavy atom. The molecule has 8 heteroatoms. The van der Waals surface area contributed by atoms with E-state index in [2.05, 4.69) is 86.6 Å². The predicted molar refractivity (Wildman–Crippen MR) is 220 cm³/mol. The summed E-state index contributed by atoms with van der Waals surface area (Å²) in [5.41, 5.74) is 5.35. The van der Waals surface area contributed by atoms with E-state index in [4.69, 9.17) is 38.9 Å². The fourth-order valence-electron chi connectivity index (χ4n) is 8.16. The van der Waals surface area contributed by atoms with Crippen LogP contribution in [-0.2, 0) is 31.8 Å². The van der Waals surface area contributed by atoms with Gasteiger partial charge >= 0.3 is 0 Å². The SMILES string of the molecule is CC(Cc1ccc(CC(C)(C2=N[C@@H](c3ccccc3)CO2)C2=N[C@@H](c3ccccc3)CO2)cc1)(C1=N[C@@H](c2ccccc2)CO1)C1=N[C@@H](c2ccccc2)CO1. The predicted octanol–water partition coefficient (Wildman–Crippen LogP) is 9.46. The van der Waals surface area contributed by atoms with Crippen molar-refractivity contribution >= 4 is 23.6 Å². The van der Waals surface area contributed by atoms with Crippen LogP contribution in [0.3, 0.4) is 0 Å². The molecule has 282 valence electrons. The Bertz CT molecular complexity index is 1960. The van der Waals surface area contributed by atoms with Crippen LogP contribution in [0, 0.1) is 10.8 Å². The fraction of sp³-hybridized carbons (Fsp3) is 0.292. The van der Waals surface area contributed by atoms with E-state index in [0.29, 0.717) is 62.9 Å². The monoisotopic (exact) mass is 742 g/mol. The molecule has 0 bridgehead atoms. The lowest BCUT2D eigenvalue weighted by Crippen LogP contribution is -2.39. The molecule has 0 fully saturated rings. The molecule has 4 aliphatic rings. The van der Waals surface area contributed by atoms with E-state index in [-0.39, 0.29) is 24.2 Å². The van der Waals surface area contributed by atoms with Gasteiger partial charge in [-0.2, -0.15) is 0 Å². The van der Waals surface area contributed by atoms with E-state index in [1.54, 1.807) is 0 Å². The Hall–Kier alpha value is -6.02. The van der Waals surface area contributed by atoms with Gasteiger partial charge in [0.2, 0.25) is 0 Å². The van der Waals surface area contributed by atoms with Crippen molar-refractivity contribution in [3.8, 4) is 0 Å². The van der Waals surface area contributed by atoms with Crippen molar-refractivity contribution in [3.05, 3.63) is 179 Å². The first-order valence-corrected chi connectivity index (χ1v) is 19.6. The maximum Gasteiger partial charge on any atom is 0.200 e. The summed E-state index contributed by atoms with van der Waals surface area (Å²) in [4.78, 5) is 20.6. The molecule has 0 aliphatic carbocycles. The second-order valence-corrected chi connectivity index (χ2v) is 15.5. The average molecular weight is 743 g/mol. The fourth-order valence-corrected chi connectivity index (χ4v) is 8.16. The van der Waals surface area contributed by atoms with Crippen molar-refractivity contribution in [1.29, 1.82) is 0 Å². The third-order valence-corrected chi connectivity index (χ3v) is 11.4. The number of hydrogen-bond acceptors (Lipinski definition) is 8. The van der Waals surface area contributed by atoms with Crippen molar-refractivity contribution in [2.24, 2.45) is 30.8 Å². The van der Waals surface area contributed by atoms with Gasteiger partial charge in [-0.25, -0.2) is 20.0 Å². The van der Waals surface area contributed by atoms with Crippen LogP contribution in [-0.4, -0.2) is 50.0 Å². The number of benzene rings is 5. The minimum absolute atomic E-state index is 0.0816. The lowest BCUT2D eigenvalue weighted by atomic mass is 9.80. The van der Waals surface area contributed by atoms with E-state index in [1.165, 1.54) is 0 Å². The first kappa shape index (κ1) is 35.7. The zero-order chi connectivity index (χ0) is 38.0. The maximum atomic E-state index is 6.43. The minimum atomic E-state index is -0.708. The van der Waals surface area contributed by atoms with Crippen molar-refractivity contribution < 1.29 is 18.9 Å². The Labute approximate surface area is 328 Å². The van der Waals surface area contributed by atoms with Gasteiger partial charge in [-0.3, -0.25) is 0 Å². The largest absolute Gasteiger partial charge is 0.478 e. The molecule has 5 aromatic rings. The van der Waals surface area contributed by atoms with Crippen LogP contribution < -0.4 is 0 Å². The standard InChI is InChI=1S/C48H46N4O4/c1-47(43-49-39(29-53-43)35-15-7-3-8-16-35,44-50-40(30-54-44)36-17-9-4-10-18-36)27-33-23-25-34(26-24-33)28-48(2,45-51-41(31-55-45)37-19-11-5-12-20-37)46-52-42(32-56-46)38-21-13-6-14-22-38/h3-26,39-42H,27-32H2,1-2H3/t39-,40-,41-,42-/m1/s1. The Morgan fingerprint density at radius 1 is 0.375 bits per heavy atom. The summed E-state index contributed by atoms with van der Waals surface area (Å²) in [6.07, 6.45) is 1.21. The van der Waals surface area contributed by atoms with Crippen LogP contribution in [0.2, 0.25) is 0 Å². The van der Waals surface area contributed by atoms with Gasteiger partial charge in [0.25, 0.3) is 0 Å². The van der Waals surface area contributed by atoms with Gasteiger partial charge in [0.05, 0.1) is 0 Å². The highest BCUT2D eigenvalue weighted by molar-refractivity contribution is 6.07. The zero-order valence-corrected chi connectivity index (χ0v) is 31.8. The molecule has 0 saturated heterocycles. The zero-order valence-electron chi connectivity index (χ0n) is 31.8. The molecule has 5 aromatic carbocycles. The summed E-state index contributed by atoms with van der Waals surface area (Å²) in [5.74, 6) is 2.63. The quantitative estimate of drug-likeness (QED) is 0.128. The summed E-state index contributed by atoms with van der Waals surface area (Å²) < 4.78 is 25.7. The molecule has 4 heterocycles. The molecule has 0 saturated carbocycles. The van der Waals surface area contributed by atoms with Crippen LogP contribution in [0.15, 0.2) is 166 Å². The van der Waals surface area contributed by atoms with Gasteiger partial charge in [-0.15, -0.1) is 0 Å². The molecule has 4 atom stereocenters. The number of rotatable bonds is 12. The van der Waals surface area contributed by atoms with Gasteiger partial charge in [0.1, 0.15) is 61.4 Å². The second-order valence-electron chi connectivity index (χ2n) is 15.5. The molecule has 4 aliphatic heterocycles. The molecule has 56 heavy (non-hydrogen) atoms. The third-order valence-electron chi connectivity index (χ3n) is 11.4. The Balaban J connectivity index is 1.01. The molecular formula is C48H46N4O4. The first-order chi connectivity index (χ1) is 27.4. The van der Waals surface area contributed by atoms with E-state index in [0.717, 1.165) is 33.4 Å². The smallest absolute Gasteiger partial charge is 0.200 e. The van der Waals surface area contributed by atoms with Crippen molar-refractivity contribution in [1.82, 2.24) is 0 Å². The van der Waals surface area contributed by atoms with Gasteiger partial charge < -0.3 is 18.9 Å². The average Bonchev–Trinajstić information content (AvgIpc) is 4.10. The molecule has 0 spiro atoms. The van der Waals surface area contributed by atoms with Crippen LogP contribution in [0.1, 0.15) is 71.4 Å². The first-order valence-electron chi connectivity index (χ1n) is 19.6. The highest BCUT2D eigenvalue weighted by Crippen LogP contribution is 2.41. The molecule has 0 amide bonds. The summed E-state index contributed by atoms with van der Waals surface area (Å²) in [6.45, 7) is 6.22. The van der Waals surface area contributed by atoms with Crippen molar-refractivity contribution in [2.75, 3.05) is 26.4 Å². The van der Waals surface area contributed by atoms with E-state index in [1.807, 2.05) is 72.8 Å². The topological polar surface area (TPSA) is 86.4 Å². The van der Waals surface area contributed by atoms with Gasteiger partial charge in [0, 0.05) is 0 Å². The molecule has 0 unspecified atom stereocenters. The summed E-state index contributed by atoms with van der Waals surface area (Å²) in [7, 11) is 0. The van der Waals surface area contributed by atoms with Crippen LogP contribution in [0.4, 0.5) is 0 Å². The molecular weight excluding hydrogens is 697 g/mol. The Kier molecular flexibility index (Phi) is 9.71. The maximum absolute atomic E-state index is 6.43. The number of hydrogen-bond donors (Lipinski definition) is 0. The van der Waals surface area contributed by atoms with Crippen LogP contribution in [0.5, 0.6) is 0 Å². The molecule has 8 nitrogen and oxygen atoms in total. The highest BCUT2D eigenvalue weighted by atomic mass is 16.5. The second kappa shape index (κ2) is 15.3. The van der Waals surface area contributed by atoms with E-state index >= 15 is 0 Å². The number of nitrogens with zero attached hydrogens (tertiary/aromatic N) is 4. The van der Waals surface area contributed by atoms with Crippen LogP contribution in [0.25, 0.3) is 0 Å². The molecule has 9 rings (SSSR count). The molecule has 0 N–H and O–H groups in total. The highest BCUT2D eigenvalue weighted by Gasteiger charge is 2.47. The summed E-state index contributed by atoms with van der Waals surface area (Å²) >= 11 is 0. The van der Waals surface area contributed by atoms with Gasteiger partial charge in [-0.05, 0) is 60.1 Å². The molecule has 0 radical (unpaired) electrons. The lowest BCUT2D eigenvalue weighted by Gasteiger charge is -2.29. The van der Waals surface area contributed by atoms with Crippen molar-refractivity contribution in [3.63, 3.8) is 0 Å². The lowest BCUT2D eigenvalue weighted by molar-refractivity contribution is 0.257. The summed E-state index contributed by atoms with van der Waals surface area (Å²) in [6, 6.07) is 49.7.